The summed E-state index contributed by atoms with van der Waals surface area (Å²) in [6.45, 7) is 0. The van der Waals surface area contributed by atoms with Crippen LogP contribution in [0.5, 0.6) is 11.5 Å². The first-order valence-electron chi connectivity index (χ1n) is 6.73. The standard InChI is InChI=1S/C15H10N6O2/c22-9-2-3-10-8(5-9)1-4-11(23)12(10)20-21-15-13-14(17-6-16-13)18-7-19-15/h1-7,22-23H,(H,16,17,18,19)/b21-20+. The first-order chi connectivity index (χ1) is 11.2. The fraction of sp³-hybridized carbons (Fsp3) is 0. The molecule has 4 aromatic rings. The van der Waals surface area contributed by atoms with Gasteiger partial charge in [-0.3, -0.25) is 0 Å². The zero-order valence-electron chi connectivity index (χ0n) is 11.7. The topological polar surface area (TPSA) is 120 Å². The largest absolute Gasteiger partial charge is 0.508 e. The third-order valence-corrected chi connectivity index (χ3v) is 3.40. The highest BCUT2D eigenvalue weighted by Gasteiger charge is 2.09. The number of rotatable bonds is 2. The minimum Gasteiger partial charge on any atom is -0.508 e. The fourth-order valence-electron chi connectivity index (χ4n) is 2.32. The van der Waals surface area contributed by atoms with Crippen LogP contribution in [0.3, 0.4) is 0 Å². The van der Waals surface area contributed by atoms with Crippen LogP contribution in [-0.4, -0.2) is 30.1 Å². The minimum absolute atomic E-state index is 0.0146. The van der Waals surface area contributed by atoms with E-state index in [0.29, 0.717) is 28.1 Å². The summed E-state index contributed by atoms with van der Waals surface area (Å²) in [5, 5.41) is 29.2. The van der Waals surface area contributed by atoms with E-state index in [0.717, 1.165) is 5.39 Å². The van der Waals surface area contributed by atoms with Gasteiger partial charge in [0.1, 0.15) is 23.5 Å². The summed E-state index contributed by atoms with van der Waals surface area (Å²) in [5.74, 6) is 0.422. The number of phenolic OH excluding ortho intramolecular Hbond substituents is 2. The fourth-order valence-corrected chi connectivity index (χ4v) is 2.32. The van der Waals surface area contributed by atoms with E-state index in [2.05, 4.69) is 30.2 Å². The van der Waals surface area contributed by atoms with E-state index in [9.17, 15) is 10.2 Å². The van der Waals surface area contributed by atoms with Crippen LogP contribution < -0.4 is 0 Å². The highest BCUT2D eigenvalue weighted by atomic mass is 16.3. The number of fused-ring (bicyclic) bond motifs is 2. The van der Waals surface area contributed by atoms with Crippen LogP contribution >= 0.6 is 0 Å². The molecule has 0 fully saturated rings. The highest BCUT2D eigenvalue weighted by Crippen LogP contribution is 2.37. The molecule has 0 radical (unpaired) electrons. The number of H-pyrrole nitrogens is 1. The van der Waals surface area contributed by atoms with E-state index in [1.165, 1.54) is 24.8 Å². The zero-order chi connectivity index (χ0) is 15.8. The van der Waals surface area contributed by atoms with E-state index in [1.54, 1.807) is 18.2 Å². The molecule has 112 valence electrons. The maximum atomic E-state index is 10.1. The molecule has 2 aromatic heterocycles. The van der Waals surface area contributed by atoms with Crippen molar-refractivity contribution in [2.24, 2.45) is 10.2 Å². The third-order valence-electron chi connectivity index (χ3n) is 3.40. The second kappa shape index (κ2) is 5.02. The summed E-state index contributed by atoms with van der Waals surface area (Å²) in [4.78, 5) is 15.0. The van der Waals surface area contributed by atoms with Gasteiger partial charge in [-0.05, 0) is 29.7 Å². The Kier molecular flexibility index (Phi) is 2.87. The second-order valence-electron chi connectivity index (χ2n) is 4.84. The van der Waals surface area contributed by atoms with Gasteiger partial charge in [0.2, 0.25) is 5.82 Å². The lowest BCUT2D eigenvalue weighted by atomic mass is 10.1. The third kappa shape index (κ3) is 2.22. The number of nitrogens with zero attached hydrogens (tertiary/aromatic N) is 5. The molecule has 0 unspecified atom stereocenters. The molecule has 4 rings (SSSR count). The van der Waals surface area contributed by atoms with Crippen LogP contribution in [0.1, 0.15) is 0 Å². The van der Waals surface area contributed by atoms with E-state index in [4.69, 9.17) is 0 Å². The van der Waals surface area contributed by atoms with Crippen molar-refractivity contribution in [3.05, 3.63) is 43.0 Å². The molecule has 0 aliphatic carbocycles. The average molecular weight is 306 g/mol. The summed E-state index contributed by atoms with van der Waals surface area (Å²) in [7, 11) is 0. The van der Waals surface area contributed by atoms with Crippen molar-refractivity contribution in [2.75, 3.05) is 0 Å². The number of aromatic nitrogens is 4. The number of benzene rings is 2. The van der Waals surface area contributed by atoms with Crippen LogP contribution in [-0.2, 0) is 0 Å². The molecule has 0 aliphatic rings. The van der Waals surface area contributed by atoms with Crippen molar-refractivity contribution < 1.29 is 10.2 Å². The summed E-state index contributed by atoms with van der Waals surface area (Å²) in [6, 6.07) is 7.98. The summed E-state index contributed by atoms with van der Waals surface area (Å²) in [5.41, 5.74) is 1.35. The van der Waals surface area contributed by atoms with Crippen molar-refractivity contribution >= 4 is 33.4 Å². The Morgan fingerprint density at radius 2 is 1.87 bits per heavy atom. The average Bonchev–Trinajstić information content (AvgIpc) is 3.03. The lowest BCUT2D eigenvalue weighted by Gasteiger charge is -2.04. The molecule has 2 aromatic carbocycles. The van der Waals surface area contributed by atoms with Crippen LogP contribution in [0.4, 0.5) is 11.5 Å². The van der Waals surface area contributed by atoms with E-state index >= 15 is 0 Å². The Morgan fingerprint density at radius 3 is 2.78 bits per heavy atom. The van der Waals surface area contributed by atoms with Crippen LogP contribution in [0.25, 0.3) is 21.9 Å². The predicted octanol–water partition coefficient (Wildman–Crippen LogP) is 3.33. The van der Waals surface area contributed by atoms with Gasteiger partial charge in [0.25, 0.3) is 0 Å². The highest BCUT2D eigenvalue weighted by molar-refractivity contribution is 5.96. The SMILES string of the molecule is Oc1ccc2c(/N=N/c3ncnc4[nH]cnc34)c(O)ccc2c1. The Bertz CT molecular complexity index is 1060. The summed E-state index contributed by atoms with van der Waals surface area (Å²) < 4.78 is 0. The van der Waals surface area contributed by atoms with E-state index in [-0.39, 0.29) is 11.5 Å². The molecule has 0 amide bonds. The Labute approximate surface area is 129 Å². The zero-order valence-corrected chi connectivity index (χ0v) is 11.7. The van der Waals surface area contributed by atoms with Crippen molar-refractivity contribution in [3.63, 3.8) is 0 Å². The number of hydrogen-bond donors (Lipinski definition) is 3. The van der Waals surface area contributed by atoms with Gasteiger partial charge in [0, 0.05) is 5.39 Å². The van der Waals surface area contributed by atoms with Gasteiger partial charge in [-0.15, -0.1) is 10.2 Å². The number of phenols is 2. The predicted molar refractivity (Wildman–Crippen MR) is 83.1 cm³/mol. The smallest absolute Gasteiger partial charge is 0.205 e. The second-order valence-corrected chi connectivity index (χ2v) is 4.84. The molecule has 2 heterocycles. The number of imidazole rings is 1. The molecule has 0 aliphatic heterocycles. The monoisotopic (exact) mass is 306 g/mol. The van der Waals surface area contributed by atoms with Gasteiger partial charge < -0.3 is 15.2 Å². The maximum absolute atomic E-state index is 10.1. The maximum Gasteiger partial charge on any atom is 0.205 e. The lowest BCUT2D eigenvalue weighted by molar-refractivity contribution is 0.474. The van der Waals surface area contributed by atoms with Crippen molar-refractivity contribution in [3.8, 4) is 11.5 Å². The van der Waals surface area contributed by atoms with Crippen LogP contribution in [0.15, 0.2) is 53.2 Å². The lowest BCUT2D eigenvalue weighted by Crippen LogP contribution is -1.81. The first kappa shape index (κ1) is 13.1. The van der Waals surface area contributed by atoms with Gasteiger partial charge in [-0.2, -0.15) is 0 Å². The van der Waals surface area contributed by atoms with Gasteiger partial charge >= 0.3 is 0 Å². The molecule has 8 heteroatoms. The Hall–Kier alpha value is -3.55. The Morgan fingerprint density at radius 1 is 0.957 bits per heavy atom. The van der Waals surface area contributed by atoms with Crippen molar-refractivity contribution in [2.45, 2.75) is 0 Å². The minimum atomic E-state index is -0.0146. The van der Waals surface area contributed by atoms with Crippen LogP contribution in [0.2, 0.25) is 0 Å². The molecule has 23 heavy (non-hydrogen) atoms. The molecular formula is C15H10N6O2. The normalized spacial score (nSPS) is 11.7. The molecule has 3 N–H and O–H groups in total. The number of azo groups is 1. The number of aromatic hydroxyl groups is 2. The van der Waals surface area contributed by atoms with E-state index in [1.807, 2.05) is 0 Å². The van der Waals surface area contributed by atoms with Crippen molar-refractivity contribution in [1.29, 1.82) is 0 Å². The number of aromatic amines is 1. The molecule has 0 bridgehead atoms. The molecule has 0 saturated carbocycles. The van der Waals surface area contributed by atoms with Gasteiger partial charge in [-0.1, -0.05) is 6.07 Å². The summed E-state index contributed by atoms with van der Waals surface area (Å²) in [6.07, 6.45) is 2.85. The van der Waals surface area contributed by atoms with Crippen LogP contribution in [0, 0.1) is 0 Å². The number of nitrogens with one attached hydrogen (secondary N) is 1. The summed E-state index contributed by atoms with van der Waals surface area (Å²) >= 11 is 0. The molecule has 0 atom stereocenters. The molecule has 0 spiro atoms. The van der Waals surface area contributed by atoms with Gasteiger partial charge in [-0.25, -0.2) is 15.0 Å². The van der Waals surface area contributed by atoms with Gasteiger partial charge in [0.15, 0.2) is 11.2 Å². The molecule has 0 saturated heterocycles. The number of hydrogen-bond acceptors (Lipinski definition) is 7. The first-order valence-corrected chi connectivity index (χ1v) is 6.73. The quantitative estimate of drug-likeness (QED) is 0.491. The molecular weight excluding hydrogens is 296 g/mol. The Balaban J connectivity index is 1.86. The molecule has 8 nitrogen and oxygen atoms in total. The van der Waals surface area contributed by atoms with Gasteiger partial charge in [0.05, 0.1) is 6.33 Å². The van der Waals surface area contributed by atoms with E-state index < -0.39 is 0 Å². The van der Waals surface area contributed by atoms with Crippen molar-refractivity contribution in [1.82, 2.24) is 19.9 Å².